The Hall–Kier alpha value is -1.13. The van der Waals surface area contributed by atoms with Crippen LogP contribution in [0.15, 0.2) is 5.16 Å². The van der Waals surface area contributed by atoms with E-state index in [1.165, 1.54) is 0 Å². The van der Waals surface area contributed by atoms with Crippen LogP contribution in [0.2, 0.25) is 0 Å². The zero-order chi connectivity index (χ0) is 10.4. The number of nitrogens with one attached hydrogen (secondary N) is 1. The Morgan fingerprint density at radius 3 is 3.00 bits per heavy atom. The van der Waals surface area contributed by atoms with Crippen LogP contribution in [0.3, 0.4) is 0 Å². The maximum atomic E-state index is 8.67. The first-order valence-electron chi connectivity index (χ1n) is 4.20. The Morgan fingerprint density at radius 1 is 1.71 bits per heavy atom. The van der Waals surface area contributed by atoms with E-state index in [1.807, 2.05) is 0 Å². The normalized spacial score (nSPS) is 12.4. The van der Waals surface area contributed by atoms with Gasteiger partial charge < -0.3 is 5.32 Å². The van der Waals surface area contributed by atoms with Gasteiger partial charge in [-0.1, -0.05) is 11.8 Å². The third-order valence-electron chi connectivity index (χ3n) is 1.72. The quantitative estimate of drug-likeness (QED) is 0.681. The number of hydrogen-bond donors (Lipinski definition) is 1. The van der Waals surface area contributed by atoms with Gasteiger partial charge in [-0.2, -0.15) is 5.26 Å². The number of rotatable bonds is 5. The average Bonchev–Trinajstić information content (AvgIpc) is 2.59. The molecule has 1 rings (SSSR count). The van der Waals surface area contributed by atoms with Crippen LogP contribution in [0.25, 0.3) is 0 Å². The van der Waals surface area contributed by atoms with Crippen molar-refractivity contribution in [2.75, 3.05) is 12.8 Å². The zero-order valence-electron chi connectivity index (χ0n) is 8.14. The second-order valence-electron chi connectivity index (χ2n) is 2.69. The van der Waals surface area contributed by atoms with Gasteiger partial charge >= 0.3 is 0 Å². The number of hydrogen-bond acceptors (Lipinski definition) is 6. The summed E-state index contributed by atoms with van der Waals surface area (Å²) in [6.45, 7) is 0. The van der Waals surface area contributed by atoms with Crippen LogP contribution in [0.4, 0.5) is 0 Å². The molecule has 6 nitrogen and oxygen atoms in total. The van der Waals surface area contributed by atoms with E-state index in [0.29, 0.717) is 0 Å². The molecule has 0 radical (unpaired) electrons. The van der Waals surface area contributed by atoms with Crippen LogP contribution in [0, 0.1) is 11.3 Å². The molecule has 1 aromatic rings. The van der Waals surface area contributed by atoms with Gasteiger partial charge in [0.05, 0.1) is 12.1 Å². The lowest BCUT2D eigenvalue weighted by molar-refractivity contribution is 0.654. The highest BCUT2D eigenvalue weighted by Gasteiger charge is 2.06. The van der Waals surface area contributed by atoms with E-state index in [4.69, 9.17) is 5.26 Å². The molecule has 0 saturated heterocycles. The second kappa shape index (κ2) is 5.57. The van der Waals surface area contributed by atoms with Gasteiger partial charge in [-0.25, -0.2) is 4.68 Å². The minimum absolute atomic E-state index is 0.0938. The molecule has 1 atom stereocenters. The molecule has 0 amide bonds. The summed E-state index contributed by atoms with van der Waals surface area (Å²) in [4.78, 5) is 0. The highest BCUT2D eigenvalue weighted by atomic mass is 32.2. The fraction of sp³-hybridized carbons (Fsp3) is 0.714. The van der Waals surface area contributed by atoms with Crippen LogP contribution in [-0.2, 0) is 7.05 Å². The minimum atomic E-state index is -0.0938. The molecule has 0 bridgehead atoms. The van der Waals surface area contributed by atoms with E-state index in [-0.39, 0.29) is 6.04 Å². The average molecular weight is 212 g/mol. The summed E-state index contributed by atoms with van der Waals surface area (Å²) in [5.41, 5.74) is 0. The first kappa shape index (κ1) is 10.9. The monoisotopic (exact) mass is 212 g/mol. The van der Waals surface area contributed by atoms with Crippen molar-refractivity contribution in [3.05, 3.63) is 0 Å². The van der Waals surface area contributed by atoms with Gasteiger partial charge in [-0.15, -0.1) is 5.10 Å². The predicted octanol–water partition coefficient (Wildman–Crippen LogP) is -0.196. The minimum Gasteiger partial charge on any atom is -0.305 e. The number of tetrazole rings is 1. The Morgan fingerprint density at radius 2 is 2.50 bits per heavy atom. The van der Waals surface area contributed by atoms with Crippen molar-refractivity contribution >= 4 is 11.8 Å². The van der Waals surface area contributed by atoms with Gasteiger partial charge in [0.15, 0.2) is 0 Å². The molecule has 0 spiro atoms. The third kappa shape index (κ3) is 2.97. The predicted molar refractivity (Wildman–Crippen MR) is 52.6 cm³/mol. The molecule has 0 fully saturated rings. The summed E-state index contributed by atoms with van der Waals surface area (Å²) in [6.07, 6.45) is 0.782. The fourth-order valence-corrected chi connectivity index (χ4v) is 1.74. The topological polar surface area (TPSA) is 79.4 Å². The Bertz CT molecular complexity index is 316. The van der Waals surface area contributed by atoms with E-state index in [0.717, 1.165) is 17.3 Å². The molecule has 1 unspecified atom stereocenters. The van der Waals surface area contributed by atoms with Crippen LogP contribution >= 0.6 is 11.8 Å². The van der Waals surface area contributed by atoms with Gasteiger partial charge in [-0.05, 0) is 23.9 Å². The van der Waals surface area contributed by atoms with Crippen LogP contribution in [0.1, 0.15) is 6.42 Å². The molecule has 0 aliphatic rings. The van der Waals surface area contributed by atoms with E-state index >= 15 is 0 Å². The molecule has 1 heterocycles. The van der Waals surface area contributed by atoms with Gasteiger partial charge in [0.1, 0.15) is 0 Å². The summed E-state index contributed by atoms with van der Waals surface area (Å²) >= 11 is 1.55. The van der Waals surface area contributed by atoms with E-state index in [2.05, 4.69) is 26.9 Å². The summed E-state index contributed by atoms with van der Waals surface area (Å²) < 4.78 is 1.62. The molecular formula is C7H12N6S. The van der Waals surface area contributed by atoms with Crippen LogP contribution in [0.5, 0.6) is 0 Å². The molecule has 0 aromatic carbocycles. The van der Waals surface area contributed by atoms with Crippen LogP contribution in [-0.4, -0.2) is 39.0 Å². The maximum Gasteiger partial charge on any atom is 0.209 e. The van der Waals surface area contributed by atoms with Crippen molar-refractivity contribution in [1.29, 1.82) is 5.26 Å². The summed E-state index contributed by atoms with van der Waals surface area (Å²) in [7, 11) is 3.57. The molecule has 0 aliphatic carbocycles. The van der Waals surface area contributed by atoms with E-state index in [1.54, 1.807) is 30.5 Å². The first-order chi connectivity index (χ1) is 6.77. The largest absolute Gasteiger partial charge is 0.305 e. The fourth-order valence-electron chi connectivity index (χ4n) is 0.885. The summed E-state index contributed by atoms with van der Waals surface area (Å²) in [6, 6.07) is 2.07. The van der Waals surface area contributed by atoms with E-state index < -0.39 is 0 Å². The highest BCUT2D eigenvalue weighted by molar-refractivity contribution is 7.99. The van der Waals surface area contributed by atoms with Crippen molar-refractivity contribution in [3.8, 4) is 6.07 Å². The number of nitrogens with zero attached hydrogens (tertiary/aromatic N) is 5. The Labute approximate surface area is 86.7 Å². The Balaban J connectivity index is 2.29. The van der Waals surface area contributed by atoms with Crippen molar-refractivity contribution in [2.24, 2.45) is 7.05 Å². The second-order valence-corrected chi connectivity index (χ2v) is 3.75. The van der Waals surface area contributed by atoms with E-state index in [9.17, 15) is 0 Å². The zero-order valence-corrected chi connectivity index (χ0v) is 8.95. The van der Waals surface area contributed by atoms with Crippen molar-refractivity contribution in [1.82, 2.24) is 25.5 Å². The highest BCUT2D eigenvalue weighted by Crippen LogP contribution is 2.13. The number of thioether (sulfide) groups is 1. The van der Waals surface area contributed by atoms with Gasteiger partial charge in [0.2, 0.25) is 5.16 Å². The molecule has 7 heteroatoms. The molecule has 1 N–H and O–H groups in total. The molecule has 14 heavy (non-hydrogen) atoms. The van der Waals surface area contributed by atoms with Crippen molar-refractivity contribution in [3.63, 3.8) is 0 Å². The lowest BCUT2D eigenvalue weighted by Crippen LogP contribution is -2.23. The summed E-state index contributed by atoms with van der Waals surface area (Å²) in [5, 5.41) is 23.4. The molecule has 1 aromatic heterocycles. The smallest absolute Gasteiger partial charge is 0.209 e. The first-order valence-corrected chi connectivity index (χ1v) is 5.18. The molecule has 0 aliphatic heterocycles. The lowest BCUT2D eigenvalue weighted by atomic mass is 10.3. The van der Waals surface area contributed by atoms with Crippen molar-refractivity contribution < 1.29 is 0 Å². The van der Waals surface area contributed by atoms with Gasteiger partial charge in [0.25, 0.3) is 0 Å². The number of aryl methyl sites for hydroxylation is 1. The molecular weight excluding hydrogens is 200 g/mol. The van der Waals surface area contributed by atoms with Crippen LogP contribution < -0.4 is 5.32 Å². The SMILES string of the molecule is CNC(C#N)CCSc1nnnn1C. The summed E-state index contributed by atoms with van der Waals surface area (Å²) in [5.74, 6) is 0.827. The Kier molecular flexibility index (Phi) is 4.35. The number of nitriles is 1. The van der Waals surface area contributed by atoms with Crippen molar-refractivity contribution in [2.45, 2.75) is 17.6 Å². The molecule has 0 saturated carbocycles. The lowest BCUT2D eigenvalue weighted by Gasteiger charge is -2.05. The van der Waals surface area contributed by atoms with Gasteiger partial charge in [-0.3, -0.25) is 0 Å². The third-order valence-corrected chi connectivity index (χ3v) is 2.77. The number of aromatic nitrogens is 4. The standard InChI is InChI=1S/C7H12N6S/c1-9-6(5-8)3-4-14-7-10-11-12-13(7)2/h6,9H,3-4H2,1-2H3. The molecule has 76 valence electrons. The van der Waals surface area contributed by atoms with Gasteiger partial charge in [0, 0.05) is 12.8 Å². The maximum absolute atomic E-state index is 8.67.